The predicted molar refractivity (Wildman–Crippen MR) is 105 cm³/mol. The molecule has 2 heterocycles. The summed E-state index contributed by atoms with van der Waals surface area (Å²) in [6.45, 7) is 4.27. The molecule has 0 saturated carbocycles. The molecule has 27 heavy (non-hydrogen) atoms. The Morgan fingerprint density at radius 2 is 2.04 bits per heavy atom. The van der Waals surface area contributed by atoms with Crippen molar-refractivity contribution in [1.82, 2.24) is 15.0 Å². The Kier molecular flexibility index (Phi) is 6.24. The molecule has 0 aliphatic heterocycles. The molecule has 7 heteroatoms. The van der Waals surface area contributed by atoms with E-state index < -0.39 is 6.10 Å². The predicted octanol–water partition coefficient (Wildman–Crippen LogP) is 4.18. The Labute approximate surface area is 162 Å². The molecule has 2 aromatic heterocycles. The van der Waals surface area contributed by atoms with E-state index in [1.165, 1.54) is 5.56 Å². The molecule has 0 fully saturated rings. The van der Waals surface area contributed by atoms with Gasteiger partial charge in [0.2, 0.25) is 11.7 Å². The monoisotopic (exact) mass is 385 g/mol. The number of amides is 1. The van der Waals surface area contributed by atoms with E-state index in [4.69, 9.17) is 9.26 Å². The minimum atomic E-state index is -0.554. The number of nitrogens with zero attached hydrogens (tertiary/aromatic N) is 3. The lowest BCUT2D eigenvalue weighted by Crippen LogP contribution is -2.39. The van der Waals surface area contributed by atoms with Crippen molar-refractivity contribution in [2.45, 2.75) is 39.3 Å². The third-order valence-corrected chi connectivity index (χ3v) is 5.08. The first kappa shape index (κ1) is 19.1. The maximum absolute atomic E-state index is 12.8. The number of aromatic nitrogens is 2. The van der Waals surface area contributed by atoms with Gasteiger partial charge in [0.1, 0.15) is 5.75 Å². The molecular formula is C20H23N3O3S. The molecular weight excluding hydrogens is 362 g/mol. The quantitative estimate of drug-likeness (QED) is 0.582. The third kappa shape index (κ3) is 4.74. The van der Waals surface area contributed by atoms with Crippen molar-refractivity contribution in [3.63, 3.8) is 0 Å². The fourth-order valence-corrected chi connectivity index (χ4v) is 3.28. The van der Waals surface area contributed by atoms with Gasteiger partial charge in [-0.3, -0.25) is 4.79 Å². The van der Waals surface area contributed by atoms with Gasteiger partial charge in [0.05, 0.1) is 11.4 Å². The van der Waals surface area contributed by atoms with Crippen molar-refractivity contribution in [1.29, 1.82) is 0 Å². The molecule has 0 spiro atoms. The molecule has 1 amide bonds. The van der Waals surface area contributed by atoms with Gasteiger partial charge in [-0.2, -0.15) is 4.98 Å². The number of thiophene rings is 1. The summed E-state index contributed by atoms with van der Waals surface area (Å²) in [5.41, 5.74) is 1.23. The summed E-state index contributed by atoms with van der Waals surface area (Å²) in [4.78, 5) is 19.6. The van der Waals surface area contributed by atoms with Crippen molar-refractivity contribution < 1.29 is 14.1 Å². The Bertz CT molecular complexity index is 859. The normalized spacial score (nSPS) is 12.0. The van der Waals surface area contributed by atoms with E-state index in [1.54, 1.807) is 23.3 Å². The molecule has 3 rings (SSSR count). The van der Waals surface area contributed by atoms with Crippen LogP contribution in [0.4, 0.5) is 0 Å². The first-order valence-corrected chi connectivity index (χ1v) is 9.85. The first-order valence-electron chi connectivity index (χ1n) is 8.97. The second-order valence-electron chi connectivity index (χ2n) is 6.20. The number of likely N-dealkylation sites (N-methyl/N-ethyl adjacent to an activating group) is 1. The first-order chi connectivity index (χ1) is 13.1. The van der Waals surface area contributed by atoms with Crippen molar-refractivity contribution in [2.75, 3.05) is 7.05 Å². The molecule has 0 N–H and O–H groups in total. The highest BCUT2D eigenvalue weighted by molar-refractivity contribution is 7.13. The summed E-state index contributed by atoms with van der Waals surface area (Å²) < 4.78 is 11.2. The van der Waals surface area contributed by atoms with Crippen LogP contribution in [-0.2, 0) is 17.8 Å². The number of carbonyl (C=O) groups is 1. The van der Waals surface area contributed by atoms with Crippen LogP contribution < -0.4 is 4.74 Å². The largest absolute Gasteiger partial charge is 0.481 e. The molecule has 0 saturated heterocycles. The summed E-state index contributed by atoms with van der Waals surface area (Å²) in [6, 6.07) is 11.7. The summed E-state index contributed by atoms with van der Waals surface area (Å²) in [6.07, 6.45) is 0.988. The van der Waals surface area contributed by atoms with Gasteiger partial charge in [0.25, 0.3) is 5.91 Å². The molecule has 0 bridgehead atoms. The minimum absolute atomic E-state index is 0.118. The smallest absolute Gasteiger partial charge is 0.263 e. The van der Waals surface area contributed by atoms with Crippen LogP contribution in [0.5, 0.6) is 5.75 Å². The Morgan fingerprint density at radius 1 is 1.26 bits per heavy atom. The fraction of sp³-hybridized carbons (Fsp3) is 0.350. The second kappa shape index (κ2) is 8.81. The molecule has 0 aliphatic rings. The molecule has 0 aliphatic carbocycles. The minimum Gasteiger partial charge on any atom is -0.481 e. The molecule has 1 aromatic carbocycles. The highest BCUT2D eigenvalue weighted by Gasteiger charge is 2.24. The lowest BCUT2D eigenvalue weighted by molar-refractivity contribution is -0.138. The number of rotatable bonds is 8. The maximum atomic E-state index is 12.8. The van der Waals surface area contributed by atoms with Crippen LogP contribution in [0.25, 0.3) is 10.7 Å². The van der Waals surface area contributed by atoms with Crippen LogP contribution in [-0.4, -0.2) is 34.1 Å². The van der Waals surface area contributed by atoms with Gasteiger partial charge in [0.15, 0.2) is 6.10 Å². The lowest BCUT2D eigenvalue weighted by Gasteiger charge is -2.22. The zero-order valence-electron chi connectivity index (χ0n) is 15.7. The summed E-state index contributed by atoms with van der Waals surface area (Å²) in [7, 11) is 1.71. The Hall–Kier alpha value is -2.67. The van der Waals surface area contributed by atoms with E-state index in [9.17, 15) is 4.79 Å². The highest BCUT2D eigenvalue weighted by atomic mass is 32.1. The average molecular weight is 385 g/mol. The van der Waals surface area contributed by atoms with Crippen LogP contribution in [0.1, 0.15) is 31.7 Å². The molecule has 142 valence electrons. The van der Waals surface area contributed by atoms with E-state index in [1.807, 2.05) is 48.7 Å². The van der Waals surface area contributed by atoms with Crippen molar-refractivity contribution in [3.05, 3.63) is 53.2 Å². The topological polar surface area (TPSA) is 68.5 Å². The van der Waals surface area contributed by atoms with E-state index in [0.29, 0.717) is 23.9 Å². The standard InChI is InChI=1S/C20H23N3O3S/c1-4-14-8-10-15(11-9-14)25-16(5-2)20(24)23(3)13-18-21-19(22-26-18)17-7-6-12-27-17/h6-12,16H,4-5,13H2,1-3H3. The van der Waals surface area contributed by atoms with Crippen LogP contribution >= 0.6 is 11.3 Å². The van der Waals surface area contributed by atoms with Crippen LogP contribution in [0.15, 0.2) is 46.3 Å². The Balaban J connectivity index is 1.62. The van der Waals surface area contributed by atoms with Gasteiger partial charge < -0.3 is 14.2 Å². The maximum Gasteiger partial charge on any atom is 0.263 e. The number of hydrogen-bond acceptors (Lipinski definition) is 6. The number of hydrogen-bond donors (Lipinski definition) is 0. The van der Waals surface area contributed by atoms with Gasteiger partial charge in [-0.1, -0.05) is 37.2 Å². The summed E-state index contributed by atoms with van der Waals surface area (Å²) in [5, 5.41) is 5.93. The van der Waals surface area contributed by atoms with Crippen LogP contribution in [0, 0.1) is 0 Å². The average Bonchev–Trinajstić information content (AvgIpc) is 3.37. The number of aryl methyl sites for hydroxylation is 1. The number of ether oxygens (including phenoxy) is 1. The highest BCUT2D eigenvalue weighted by Crippen LogP contribution is 2.22. The summed E-state index contributed by atoms with van der Waals surface area (Å²) in [5.74, 6) is 1.52. The second-order valence-corrected chi connectivity index (χ2v) is 7.14. The fourth-order valence-electron chi connectivity index (χ4n) is 2.63. The molecule has 1 atom stereocenters. The Morgan fingerprint density at radius 3 is 2.67 bits per heavy atom. The summed E-state index contributed by atoms with van der Waals surface area (Å²) >= 11 is 1.54. The molecule has 0 radical (unpaired) electrons. The van der Waals surface area contributed by atoms with Crippen molar-refractivity contribution in [2.24, 2.45) is 0 Å². The zero-order chi connectivity index (χ0) is 19.2. The zero-order valence-corrected chi connectivity index (χ0v) is 16.5. The SMILES string of the molecule is CCc1ccc(OC(CC)C(=O)N(C)Cc2nc(-c3cccs3)no2)cc1. The van der Waals surface area contributed by atoms with E-state index in [2.05, 4.69) is 17.1 Å². The number of benzene rings is 1. The van der Waals surface area contributed by atoms with Crippen molar-refractivity contribution >= 4 is 17.2 Å². The third-order valence-electron chi connectivity index (χ3n) is 4.21. The van der Waals surface area contributed by atoms with Gasteiger partial charge >= 0.3 is 0 Å². The molecule has 6 nitrogen and oxygen atoms in total. The van der Waals surface area contributed by atoms with E-state index in [0.717, 1.165) is 11.3 Å². The number of carbonyl (C=O) groups excluding carboxylic acids is 1. The lowest BCUT2D eigenvalue weighted by atomic mass is 10.1. The molecule has 1 unspecified atom stereocenters. The molecule has 3 aromatic rings. The van der Waals surface area contributed by atoms with E-state index in [-0.39, 0.29) is 12.5 Å². The van der Waals surface area contributed by atoms with Gasteiger partial charge in [0, 0.05) is 7.05 Å². The van der Waals surface area contributed by atoms with Gasteiger partial charge in [-0.05, 0) is 42.0 Å². The van der Waals surface area contributed by atoms with Gasteiger partial charge in [-0.15, -0.1) is 11.3 Å². The van der Waals surface area contributed by atoms with Crippen LogP contribution in [0.2, 0.25) is 0 Å². The van der Waals surface area contributed by atoms with Crippen LogP contribution in [0.3, 0.4) is 0 Å². The van der Waals surface area contributed by atoms with Gasteiger partial charge in [-0.25, -0.2) is 0 Å². The van der Waals surface area contributed by atoms with Crippen molar-refractivity contribution in [3.8, 4) is 16.5 Å². The van der Waals surface area contributed by atoms with E-state index >= 15 is 0 Å².